The van der Waals surface area contributed by atoms with Gasteiger partial charge in [0.05, 0.1) is 11.1 Å². The Morgan fingerprint density at radius 2 is 2.10 bits per heavy atom. The third kappa shape index (κ3) is 3.40. The lowest BCUT2D eigenvalue weighted by molar-refractivity contribution is 0.0870. The lowest BCUT2D eigenvalue weighted by Crippen LogP contribution is -2.52. The number of halogens is 2. The molecular formula is C16H21BrFNO. The summed E-state index contributed by atoms with van der Waals surface area (Å²) < 4.78 is 13.8. The molecule has 0 aromatic heterocycles. The lowest BCUT2D eigenvalue weighted by Gasteiger charge is -2.39. The Morgan fingerprint density at radius 1 is 1.45 bits per heavy atom. The zero-order valence-corrected chi connectivity index (χ0v) is 13.6. The van der Waals surface area contributed by atoms with Crippen LogP contribution in [0.3, 0.4) is 0 Å². The van der Waals surface area contributed by atoms with Crippen LogP contribution in [-0.4, -0.2) is 16.8 Å². The highest BCUT2D eigenvalue weighted by Crippen LogP contribution is 2.33. The second-order valence-corrected chi connectivity index (χ2v) is 6.59. The average Bonchev–Trinajstić information content (AvgIpc) is 2.44. The molecule has 1 saturated carbocycles. The average molecular weight is 342 g/mol. The van der Waals surface area contributed by atoms with Crippen molar-refractivity contribution in [3.63, 3.8) is 0 Å². The molecule has 1 aliphatic carbocycles. The van der Waals surface area contributed by atoms with Gasteiger partial charge in [0, 0.05) is 5.33 Å². The SMILES string of the molecule is Cc1ccc(F)c(C(=O)NC2(CBr)CCC(C)CC2)c1. The molecule has 0 heterocycles. The van der Waals surface area contributed by atoms with E-state index in [0.717, 1.165) is 31.2 Å². The van der Waals surface area contributed by atoms with Gasteiger partial charge in [-0.05, 0) is 50.7 Å². The summed E-state index contributed by atoms with van der Waals surface area (Å²) in [5.74, 6) is -0.0583. The van der Waals surface area contributed by atoms with Gasteiger partial charge in [0.2, 0.25) is 0 Å². The Hall–Kier alpha value is -0.900. The lowest BCUT2D eigenvalue weighted by atomic mass is 9.78. The van der Waals surface area contributed by atoms with E-state index in [-0.39, 0.29) is 17.0 Å². The van der Waals surface area contributed by atoms with E-state index in [2.05, 4.69) is 28.2 Å². The molecule has 110 valence electrons. The van der Waals surface area contributed by atoms with Crippen LogP contribution in [0.4, 0.5) is 4.39 Å². The zero-order chi connectivity index (χ0) is 14.8. The molecule has 4 heteroatoms. The quantitative estimate of drug-likeness (QED) is 0.820. The van der Waals surface area contributed by atoms with E-state index < -0.39 is 5.82 Å². The fraction of sp³-hybridized carbons (Fsp3) is 0.562. The molecule has 0 bridgehead atoms. The summed E-state index contributed by atoms with van der Waals surface area (Å²) in [5, 5.41) is 3.78. The molecule has 0 radical (unpaired) electrons. The number of aryl methyl sites for hydroxylation is 1. The molecule has 0 saturated heterocycles. The highest BCUT2D eigenvalue weighted by atomic mass is 79.9. The largest absolute Gasteiger partial charge is 0.346 e. The van der Waals surface area contributed by atoms with E-state index in [1.165, 1.54) is 6.07 Å². The number of amides is 1. The van der Waals surface area contributed by atoms with E-state index in [1.54, 1.807) is 12.1 Å². The van der Waals surface area contributed by atoms with Gasteiger partial charge in [-0.2, -0.15) is 0 Å². The number of rotatable bonds is 3. The Bertz CT molecular complexity index is 495. The minimum Gasteiger partial charge on any atom is -0.346 e. The van der Waals surface area contributed by atoms with E-state index in [4.69, 9.17) is 0 Å². The predicted octanol–water partition coefficient (Wildman–Crippen LogP) is 4.21. The second kappa shape index (κ2) is 6.25. The molecule has 0 aliphatic heterocycles. The van der Waals surface area contributed by atoms with Gasteiger partial charge in [0.15, 0.2) is 0 Å². The van der Waals surface area contributed by atoms with Crippen molar-refractivity contribution in [1.29, 1.82) is 0 Å². The van der Waals surface area contributed by atoms with Crippen LogP contribution in [0.5, 0.6) is 0 Å². The van der Waals surface area contributed by atoms with Gasteiger partial charge in [-0.1, -0.05) is 34.5 Å². The third-order valence-corrected chi connectivity index (χ3v) is 5.31. The summed E-state index contributed by atoms with van der Waals surface area (Å²) in [4.78, 5) is 12.4. The molecule has 0 spiro atoms. The van der Waals surface area contributed by atoms with Gasteiger partial charge in [-0.25, -0.2) is 4.39 Å². The Labute approximate surface area is 128 Å². The number of alkyl halides is 1. The van der Waals surface area contributed by atoms with Crippen molar-refractivity contribution in [1.82, 2.24) is 5.32 Å². The summed E-state index contributed by atoms with van der Waals surface area (Å²) in [5.41, 5.74) is 0.797. The summed E-state index contributed by atoms with van der Waals surface area (Å²) >= 11 is 3.51. The first-order chi connectivity index (χ1) is 9.46. The third-order valence-electron chi connectivity index (χ3n) is 4.23. The van der Waals surface area contributed by atoms with E-state index in [9.17, 15) is 9.18 Å². The maximum absolute atomic E-state index is 13.8. The molecule has 1 amide bonds. The van der Waals surface area contributed by atoms with Crippen LogP contribution >= 0.6 is 15.9 Å². The van der Waals surface area contributed by atoms with Crippen LogP contribution in [-0.2, 0) is 0 Å². The topological polar surface area (TPSA) is 29.1 Å². The van der Waals surface area contributed by atoms with Gasteiger partial charge < -0.3 is 5.32 Å². The molecule has 0 atom stereocenters. The van der Waals surface area contributed by atoms with Gasteiger partial charge >= 0.3 is 0 Å². The number of carbonyl (C=O) groups is 1. The van der Waals surface area contributed by atoms with Gasteiger partial charge in [-0.3, -0.25) is 4.79 Å². The first-order valence-electron chi connectivity index (χ1n) is 7.10. The standard InChI is InChI=1S/C16H21BrFNO/c1-11-5-7-16(10-17,8-6-11)19-15(20)13-9-12(2)3-4-14(13)18/h3-4,9,11H,5-8,10H2,1-2H3,(H,19,20). The number of benzene rings is 1. The van der Waals surface area contributed by atoms with Gasteiger partial charge in [0.1, 0.15) is 5.82 Å². The van der Waals surface area contributed by atoms with Crippen molar-refractivity contribution in [2.24, 2.45) is 5.92 Å². The molecule has 1 aromatic rings. The number of hydrogen-bond donors (Lipinski definition) is 1. The van der Waals surface area contributed by atoms with Crippen LogP contribution in [0.15, 0.2) is 18.2 Å². The number of hydrogen-bond acceptors (Lipinski definition) is 1. The molecule has 2 nitrogen and oxygen atoms in total. The molecule has 20 heavy (non-hydrogen) atoms. The first-order valence-corrected chi connectivity index (χ1v) is 8.22. The molecular weight excluding hydrogens is 321 g/mol. The fourth-order valence-corrected chi connectivity index (χ4v) is 3.43. The molecule has 2 rings (SSSR count). The zero-order valence-electron chi connectivity index (χ0n) is 12.0. The highest BCUT2D eigenvalue weighted by molar-refractivity contribution is 9.09. The smallest absolute Gasteiger partial charge is 0.254 e. The van der Waals surface area contributed by atoms with Gasteiger partial charge in [0.25, 0.3) is 5.91 Å². The van der Waals surface area contributed by atoms with E-state index in [1.807, 2.05) is 6.92 Å². The van der Waals surface area contributed by atoms with Crippen LogP contribution in [0.25, 0.3) is 0 Å². The summed E-state index contributed by atoms with van der Waals surface area (Å²) in [6.45, 7) is 4.10. The maximum atomic E-state index is 13.8. The maximum Gasteiger partial charge on any atom is 0.254 e. The number of carbonyl (C=O) groups excluding carboxylic acids is 1. The molecule has 1 aliphatic rings. The van der Waals surface area contributed by atoms with E-state index >= 15 is 0 Å². The van der Waals surface area contributed by atoms with Crippen LogP contribution in [0.1, 0.15) is 48.5 Å². The minimum absolute atomic E-state index is 0.143. The van der Waals surface area contributed by atoms with Crippen molar-refractivity contribution in [3.05, 3.63) is 35.1 Å². The van der Waals surface area contributed by atoms with Crippen LogP contribution in [0, 0.1) is 18.7 Å². The Morgan fingerprint density at radius 3 is 2.70 bits per heavy atom. The summed E-state index contributed by atoms with van der Waals surface area (Å²) in [6.07, 6.45) is 4.08. The van der Waals surface area contributed by atoms with Crippen molar-refractivity contribution >= 4 is 21.8 Å². The predicted molar refractivity (Wildman–Crippen MR) is 82.8 cm³/mol. The molecule has 1 aromatic carbocycles. The number of nitrogens with one attached hydrogen (secondary N) is 1. The summed E-state index contributed by atoms with van der Waals surface area (Å²) in [7, 11) is 0. The summed E-state index contributed by atoms with van der Waals surface area (Å²) in [6, 6.07) is 4.64. The van der Waals surface area contributed by atoms with Gasteiger partial charge in [-0.15, -0.1) is 0 Å². The molecule has 1 N–H and O–H groups in total. The van der Waals surface area contributed by atoms with Crippen molar-refractivity contribution < 1.29 is 9.18 Å². The second-order valence-electron chi connectivity index (χ2n) is 6.03. The Balaban J connectivity index is 2.15. The van der Waals surface area contributed by atoms with Crippen molar-refractivity contribution in [3.8, 4) is 0 Å². The van der Waals surface area contributed by atoms with Crippen molar-refractivity contribution in [2.45, 2.75) is 45.1 Å². The first kappa shape index (κ1) is 15.5. The van der Waals surface area contributed by atoms with E-state index in [0.29, 0.717) is 11.2 Å². The Kier molecular flexibility index (Phi) is 4.84. The minimum atomic E-state index is -0.456. The normalized spacial score (nSPS) is 26.3. The fourth-order valence-electron chi connectivity index (χ4n) is 2.73. The molecule has 1 fully saturated rings. The van der Waals surface area contributed by atoms with Crippen LogP contribution < -0.4 is 5.32 Å². The highest BCUT2D eigenvalue weighted by Gasteiger charge is 2.35. The monoisotopic (exact) mass is 341 g/mol. The van der Waals surface area contributed by atoms with Crippen LogP contribution in [0.2, 0.25) is 0 Å². The molecule has 0 unspecified atom stereocenters. The van der Waals surface area contributed by atoms with Crippen molar-refractivity contribution in [2.75, 3.05) is 5.33 Å².